The first-order valence-corrected chi connectivity index (χ1v) is 9.96. The second kappa shape index (κ2) is 10.6. The zero-order valence-electron chi connectivity index (χ0n) is 16.2. The van der Waals surface area contributed by atoms with Gasteiger partial charge in [-0.25, -0.2) is 9.59 Å². The molecule has 8 heteroatoms. The van der Waals surface area contributed by atoms with Gasteiger partial charge in [0.15, 0.2) is 6.04 Å². The largest absolute Gasteiger partial charge is 0.479 e. The van der Waals surface area contributed by atoms with Gasteiger partial charge in [-0.3, -0.25) is 4.79 Å². The van der Waals surface area contributed by atoms with Gasteiger partial charge in [0.1, 0.15) is 6.04 Å². The quantitative estimate of drug-likeness (QED) is 0.477. The van der Waals surface area contributed by atoms with Gasteiger partial charge in [0, 0.05) is 10.2 Å². The van der Waals surface area contributed by atoms with Crippen LogP contribution < -0.4 is 16.0 Å². The average Bonchev–Trinajstić information content (AvgIpc) is 2.67. The van der Waals surface area contributed by atoms with Crippen LogP contribution in [0.4, 0.5) is 10.5 Å². The summed E-state index contributed by atoms with van der Waals surface area (Å²) in [5, 5.41) is 17.4. The van der Waals surface area contributed by atoms with Gasteiger partial charge in [-0.1, -0.05) is 60.1 Å². The molecule has 2 unspecified atom stereocenters. The monoisotopic (exact) mass is 461 g/mol. The molecule has 0 saturated carbocycles. The van der Waals surface area contributed by atoms with Crippen molar-refractivity contribution in [3.63, 3.8) is 0 Å². The van der Waals surface area contributed by atoms with Crippen molar-refractivity contribution in [3.05, 3.63) is 64.6 Å². The Hall–Kier alpha value is -2.87. The van der Waals surface area contributed by atoms with Gasteiger partial charge in [-0.05, 0) is 42.2 Å². The van der Waals surface area contributed by atoms with Crippen molar-refractivity contribution >= 4 is 39.5 Å². The number of benzene rings is 2. The van der Waals surface area contributed by atoms with Crippen molar-refractivity contribution in [1.82, 2.24) is 10.6 Å². The molecule has 0 heterocycles. The fourth-order valence-corrected chi connectivity index (χ4v) is 3.00. The lowest BCUT2D eigenvalue weighted by atomic mass is 10.0. The van der Waals surface area contributed by atoms with Crippen LogP contribution in [0.3, 0.4) is 0 Å². The van der Waals surface area contributed by atoms with E-state index in [1.54, 1.807) is 54.6 Å². The number of carboxylic acids is 1. The first kappa shape index (κ1) is 22.4. The number of anilines is 1. The van der Waals surface area contributed by atoms with Gasteiger partial charge < -0.3 is 21.1 Å². The van der Waals surface area contributed by atoms with E-state index in [0.717, 1.165) is 4.47 Å². The third-order valence-electron chi connectivity index (χ3n) is 4.10. The van der Waals surface area contributed by atoms with Crippen LogP contribution in [0.15, 0.2) is 59.1 Å². The van der Waals surface area contributed by atoms with Crippen molar-refractivity contribution in [2.45, 2.75) is 32.4 Å². The molecule has 0 spiro atoms. The SMILES string of the molecule is CC(C)CC(NC(=O)Nc1ccc(Br)cc1)C(=O)NC(C(=O)O)c1ccccc1. The highest BCUT2D eigenvalue weighted by Gasteiger charge is 2.28. The molecule has 0 fully saturated rings. The summed E-state index contributed by atoms with van der Waals surface area (Å²) in [5.41, 5.74) is 1.03. The summed E-state index contributed by atoms with van der Waals surface area (Å²) in [6.07, 6.45) is 0.362. The lowest BCUT2D eigenvalue weighted by Gasteiger charge is -2.23. The molecule has 154 valence electrons. The molecule has 29 heavy (non-hydrogen) atoms. The Morgan fingerprint density at radius 3 is 2.14 bits per heavy atom. The lowest BCUT2D eigenvalue weighted by molar-refractivity contribution is -0.142. The van der Waals surface area contributed by atoms with E-state index in [4.69, 9.17) is 0 Å². The summed E-state index contributed by atoms with van der Waals surface area (Å²) < 4.78 is 0.876. The van der Waals surface area contributed by atoms with Crippen LogP contribution in [-0.4, -0.2) is 29.1 Å². The maximum Gasteiger partial charge on any atom is 0.330 e. The number of amides is 3. The topological polar surface area (TPSA) is 108 Å². The zero-order chi connectivity index (χ0) is 21.4. The van der Waals surface area contributed by atoms with Crippen LogP contribution in [-0.2, 0) is 9.59 Å². The molecule has 0 aromatic heterocycles. The molecule has 3 amide bonds. The first-order chi connectivity index (χ1) is 13.8. The third kappa shape index (κ3) is 7.23. The summed E-state index contributed by atoms with van der Waals surface area (Å²) in [4.78, 5) is 36.8. The highest BCUT2D eigenvalue weighted by atomic mass is 79.9. The van der Waals surface area contributed by atoms with Crippen molar-refractivity contribution in [2.75, 3.05) is 5.32 Å². The third-order valence-corrected chi connectivity index (χ3v) is 4.63. The second-order valence-corrected chi connectivity index (χ2v) is 7.89. The maximum absolute atomic E-state index is 12.8. The predicted molar refractivity (Wildman–Crippen MR) is 115 cm³/mol. The molecular formula is C21H24BrN3O4. The lowest BCUT2D eigenvalue weighted by Crippen LogP contribution is -2.50. The van der Waals surface area contributed by atoms with Gasteiger partial charge >= 0.3 is 12.0 Å². The van der Waals surface area contributed by atoms with Gasteiger partial charge in [-0.15, -0.1) is 0 Å². The number of urea groups is 1. The van der Waals surface area contributed by atoms with E-state index in [9.17, 15) is 19.5 Å². The van der Waals surface area contributed by atoms with Crippen molar-refractivity contribution in [1.29, 1.82) is 0 Å². The molecule has 7 nitrogen and oxygen atoms in total. The van der Waals surface area contributed by atoms with Crippen LogP contribution in [0, 0.1) is 5.92 Å². The number of rotatable bonds is 8. The fourth-order valence-electron chi connectivity index (χ4n) is 2.74. The Labute approximate surface area is 178 Å². The van der Waals surface area contributed by atoms with Gasteiger partial charge in [0.25, 0.3) is 0 Å². The van der Waals surface area contributed by atoms with Crippen LogP contribution in [0.5, 0.6) is 0 Å². The Morgan fingerprint density at radius 1 is 0.966 bits per heavy atom. The normalized spacial score (nSPS) is 12.7. The highest BCUT2D eigenvalue weighted by molar-refractivity contribution is 9.10. The van der Waals surface area contributed by atoms with Gasteiger partial charge in [0.2, 0.25) is 5.91 Å². The van der Waals surface area contributed by atoms with Crippen LogP contribution in [0.2, 0.25) is 0 Å². The molecule has 2 aromatic rings. The van der Waals surface area contributed by atoms with Crippen LogP contribution >= 0.6 is 15.9 Å². The molecule has 0 radical (unpaired) electrons. The van der Waals surface area contributed by atoms with E-state index in [1.807, 2.05) is 13.8 Å². The minimum atomic E-state index is -1.20. The maximum atomic E-state index is 12.8. The summed E-state index contributed by atoms with van der Waals surface area (Å²) in [6.45, 7) is 3.83. The molecule has 0 aliphatic carbocycles. The van der Waals surface area contributed by atoms with E-state index in [-0.39, 0.29) is 5.92 Å². The molecule has 0 aliphatic heterocycles. The number of halogens is 1. The standard InChI is InChI=1S/C21H24BrN3O4/c1-13(2)12-17(24-21(29)23-16-10-8-15(22)9-11-16)19(26)25-18(20(27)28)14-6-4-3-5-7-14/h3-11,13,17-18H,12H2,1-2H3,(H,25,26)(H,27,28)(H2,23,24,29). The predicted octanol–water partition coefficient (Wildman–Crippen LogP) is 3.93. The number of hydrogen-bond donors (Lipinski definition) is 4. The minimum Gasteiger partial charge on any atom is -0.479 e. The summed E-state index contributed by atoms with van der Waals surface area (Å²) >= 11 is 3.32. The van der Waals surface area contributed by atoms with E-state index in [1.165, 1.54) is 0 Å². The highest BCUT2D eigenvalue weighted by Crippen LogP contribution is 2.16. The number of carbonyl (C=O) groups is 3. The molecular weight excluding hydrogens is 438 g/mol. The molecule has 0 saturated heterocycles. The molecule has 0 bridgehead atoms. The molecule has 0 aliphatic rings. The van der Waals surface area contributed by atoms with E-state index in [2.05, 4.69) is 31.9 Å². The van der Waals surface area contributed by atoms with Crippen LogP contribution in [0.1, 0.15) is 31.9 Å². The Kier molecular flexibility index (Phi) is 8.21. The molecule has 2 aromatic carbocycles. The first-order valence-electron chi connectivity index (χ1n) is 9.17. The Bertz CT molecular complexity index is 841. The molecule has 2 atom stereocenters. The van der Waals surface area contributed by atoms with Gasteiger partial charge in [-0.2, -0.15) is 0 Å². The van der Waals surface area contributed by atoms with E-state index < -0.39 is 30.0 Å². The summed E-state index contributed by atoms with van der Waals surface area (Å²) in [5.74, 6) is -1.62. The van der Waals surface area contributed by atoms with Crippen LogP contribution in [0.25, 0.3) is 0 Å². The van der Waals surface area contributed by atoms with E-state index >= 15 is 0 Å². The number of hydrogen-bond acceptors (Lipinski definition) is 3. The minimum absolute atomic E-state index is 0.110. The zero-order valence-corrected chi connectivity index (χ0v) is 17.8. The smallest absolute Gasteiger partial charge is 0.330 e. The molecule has 4 N–H and O–H groups in total. The van der Waals surface area contributed by atoms with Crippen molar-refractivity contribution in [2.24, 2.45) is 5.92 Å². The van der Waals surface area contributed by atoms with Crippen molar-refractivity contribution in [3.8, 4) is 0 Å². The van der Waals surface area contributed by atoms with E-state index in [0.29, 0.717) is 17.7 Å². The average molecular weight is 462 g/mol. The number of carbonyl (C=O) groups excluding carboxylic acids is 2. The second-order valence-electron chi connectivity index (χ2n) is 6.98. The fraction of sp³-hybridized carbons (Fsp3) is 0.286. The number of carboxylic acid groups (broad SMARTS) is 1. The molecule has 2 rings (SSSR count). The van der Waals surface area contributed by atoms with Gasteiger partial charge in [0.05, 0.1) is 0 Å². The van der Waals surface area contributed by atoms with Crippen molar-refractivity contribution < 1.29 is 19.5 Å². The Balaban J connectivity index is 2.09. The number of aliphatic carboxylic acids is 1. The summed E-state index contributed by atoms with van der Waals surface area (Å²) in [6, 6.07) is 12.8. The number of nitrogens with one attached hydrogen (secondary N) is 3. The summed E-state index contributed by atoms with van der Waals surface area (Å²) in [7, 11) is 0. The Morgan fingerprint density at radius 2 is 1.59 bits per heavy atom.